The van der Waals surface area contributed by atoms with Crippen LogP contribution in [0.15, 0.2) is 47.3 Å². The molecule has 0 fully saturated rings. The molecule has 2 aromatic heterocycles. The van der Waals surface area contributed by atoms with Gasteiger partial charge in [-0.25, -0.2) is 4.98 Å². The molecule has 0 radical (unpaired) electrons. The predicted octanol–water partition coefficient (Wildman–Crippen LogP) is 2.74. The topological polar surface area (TPSA) is 94.1 Å². The highest BCUT2D eigenvalue weighted by Gasteiger charge is 2.17. The fraction of sp³-hybridized carbons (Fsp3) is 0.0769. The minimum atomic E-state index is -0.454. The molecular weight excluding hydrogens is 260 g/mol. The first-order chi connectivity index (χ1) is 9.75. The van der Waals surface area contributed by atoms with Gasteiger partial charge in [-0.3, -0.25) is 10.1 Å². The van der Waals surface area contributed by atoms with E-state index >= 15 is 0 Å². The number of nitrogens with one attached hydrogen (secondary N) is 1. The Morgan fingerprint density at radius 3 is 2.90 bits per heavy atom. The predicted molar refractivity (Wildman–Crippen MR) is 72.2 cm³/mol. The molecule has 0 saturated heterocycles. The molecule has 3 rings (SSSR count). The summed E-state index contributed by atoms with van der Waals surface area (Å²) in [4.78, 5) is 14.8. The Morgan fingerprint density at radius 1 is 1.30 bits per heavy atom. The van der Waals surface area contributed by atoms with Crippen LogP contribution in [0.25, 0.3) is 10.9 Å². The SMILES string of the molecule is O=[N+]([O-])c1cnc2ccccc2c1NCc1ccon1. The van der Waals surface area contributed by atoms with E-state index in [0.717, 1.165) is 0 Å². The number of rotatable bonds is 4. The van der Waals surface area contributed by atoms with E-state index in [1.807, 2.05) is 12.1 Å². The second-order valence-corrected chi connectivity index (χ2v) is 4.14. The van der Waals surface area contributed by atoms with Crippen molar-refractivity contribution >= 4 is 22.3 Å². The smallest absolute Gasteiger partial charge is 0.311 e. The van der Waals surface area contributed by atoms with Gasteiger partial charge in [-0.15, -0.1) is 0 Å². The lowest BCUT2D eigenvalue weighted by atomic mass is 10.1. The molecule has 7 heteroatoms. The van der Waals surface area contributed by atoms with Crippen molar-refractivity contribution in [2.24, 2.45) is 0 Å². The van der Waals surface area contributed by atoms with Gasteiger partial charge in [-0.05, 0) is 6.07 Å². The van der Waals surface area contributed by atoms with Crippen molar-refractivity contribution in [2.75, 3.05) is 5.32 Å². The molecule has 0 aliphatic heterocycles. The largest absolute Gasteiger partial charge is 0.373 e. The van der Waals surface area contributed by atoms with Gasteiger partial charge in [-0.2, -0.15) is 0 Å². The Morgan fingerprint density at radius 2 is 2.15 bits per heavy atom. The fourth-order valence-electron chi connectivity index (χ4n) is 1.96. The fourth-order valence-corrected chi connectivity index (χ4v) is 1.96. The summed E-state index contributed by atoms with van der Waals surface area (Å²) in [5, 5.41) is 18.6. The van der Waals surface area contributed by atoms with Gasteiger partial charge < -0.3 is 9.84 Å². The molecule has 0 saturated carbocycles. The summed E-state index contributed by atoms with van der Waals surface area (Å²) in [7, 11) is 0. The molecule has 0 atom stereocenters. The number of hydrogen-bond donors (Lipinski definition) is 1. The molecule has 0 bridgehead atoms. The minimum Gasteiger partial charge on any atom is -0.373 e. The second kappa shape index (κ2) is 4.96. The van der Waals surface area contributed by atoms with E-state index in [0.29, 0.717) is 28.8 Å². The maximum Gasteiger partial charge on any atom is 0.311 e. The minimum absolute atomic E-state index is 0.0628. The van der Waals surface area contributed by atoms with E-state index in [1.165, 1.54) is 12.5 Å². The Labute approximate surface area is 113 Å². The van der Waals surface area contributed by atoms with E-state index in [2.05, 4.69) is 15.5 Å². The molecule has 1 N–H and O–H groups in total. The van der Waals surface area contributed by atoms with Crippen molar-refractivity contribution in [3.8, 4) is 0 Å². The summed E-state index contributed by atoms with van der Waals surface area (Å²) in [5.74, 6) is 0. The highest BCUT2D eigenvalue weighted by Crippen LogP contribution is 2.31. The van der Waals surface area contributed by atoms with Gasteiger partial charge in [0.15, 0.2) is 0 Å². The number of fused-ring (bicyclic) bond motifs is 1. The van der Waals surface area contributed by atoms with Crippen molar-refractivity contribution < 1.29 is 9.45 Å². The summed E-state index contributed by atoms with van der Waals surface area (Å²) in [5.41, 5.74) is 1.73. The Balaban J connectivity index is 2.05. The standard InChI is InChI=1S/C13H10N4O3/c18-17(19)12-8-14-11-4-2-1-3-10(11)13(12)15-7-9-5-6-20-16-9/h1-6,8H,7H2,(H,14,15). The van der Waals surface area contributed by atoms with E-state index in [1.54, 1.807) is 18.2 Å². The van der Waals surface area contributed by atoms with Crippen LogP contribution in [0, 0.1) is 10.1 Å². The van der Waals surface area contributed by atoms with Crippen LogP contribution in [0.5, 0.6) is 0 Å². The van der Waals surface area contributed by atoms with Gasteiger partial charge in [0.25, 0.3) is 0 Å². The lowest BCUT2D eigenvalue weighted by Crippen LogP contribution is -2.04. The molecule has 20 heavy (non-hydrogen) atoms. The van der Waals surface area contributed by atoms with Gasteiger partial charge >= 0.3 is 5.69 Å². The van der Waals surface area contributed by atoms with Gasteiger partial charge in [0.1, 0.15) is 23.8 Å². The van der Waals surface area contributed by atoms with Crippen molar-refractivity contribution in [3.63, 3.8) is 0 Å². The molecule has 3 aromatic rings. The summed E-state index contributed by atoms with van der Waals surface area (Å²) in [6, 6.07) is 8.95. The number of nitrogens with zero attached hydrogens (tertiary/aromatic N) is 3. The molecule has 7 nitrogen and oxygen atoms in total. The average molecular weight is 270 g/mol. The van der Waals surface area contributed by atoms with Crippen LogP contribution in [-0.4, -0.2) is 15.1 Å². The molecule has 0 aliphatic carbocycles. The second-order valence-electron chi connectivity index (χ2n) is 4.14. The normalized spacial score (nSPS) is 10.6. The third-order valence-electron chi connectivity index (χ3n) is 2.89. The summed E-state index contributed by atoms with van der Waals surface area (Å²) in [6.45, 7) is 0.339. The first kappa shape index (κ1) is 12.1. The highest BCUT2D eigenvalue weighted by molar-refractivity contribution is 5.95. The quantitative estimate of drug-likeness (QED) is 0.578. The van der Waals surface area contributed by atoms with Gasteiger partial charge in [0, 0.05) is 11.5 Å². The zero-order valence-corrected chi connectivity index (χ0v) is 10.3. The molecule has 1 aromatic carbocycles. The van der Waals surface area contributed by atoms with Crippen LogP contribution in [0.2, 0.25) is 0 Å². The van der Waals surface area contributed by atoms with E-state index in [9.17, 15) is 10.1 Å². The van der Waals surface area contributed by atoms with E-state index in [4.69, 9.17) is 4.52 Å². The third-order valence-corrected chi connectivity index (χ3v) is 2.89. The zero-order chi connectivity index (χ0) is 13.9. The van der Waals surface area contributed by atoms with Crippen LogP contribution in [0.3, 0.4) is 0 Å². The van der Waals surface area contributed by atoms with Crippen molar-refractivity contribution in [1.82, 2.24) is 10.1 Å². The summed E-state index contributed by atoms with van der Waals surface area (Å²) >= 11 is 0. The number of nitro groups is 1. The van der Waals surface area contributed by atoms with Crippen molar-refractivity contribution in [2.45, 2.75) is 6.54 Å². The summed E-state index contributed by atoms with van der Waals surface area (Å²) in [6.07, 6.45) is 2.71. The van der Waals surface area contributed by atoms with Crippen LogP contribution >= 0.6 is 0 Å². The molecule has 100 valence electrons. The third kappa shape index (κ3) is 2.16. The van der Waals surface area contributed by atoms with Gasteiger partial charge in [0.2, 0.25) is 0 Å². The highest BCUT2D eigenvalue weighted by atomic mass is 16.6. The Kier molecular flexibility index (Phi) is 3.00. The molecular formula is C13H10N4O3. The maximum atomic E-state index is 11.1. The Bertz CT molecular complexity index is 755. The van der Waals surface area contributed by atoms with Crippen LogP contribution in [0.1, 0.15) is 5.69 Å². The van der Waals surface area contributed by atoms with Crippen LogP contribution in [0.4, 0.5) is 11.4 Å². The first-order valence-corrected chi connectivity index (χ1v) is 5.91. The maximum absolute atomic E-state index is 11.1. The molecule has 0 spiro atoms. The van der Waals surface area contributed by atoms with Crippen molar-refractivity contribution in [1.29, 1.82) is 0 Å². The number of anilines is 1. The lowest BCUT2D eigenvalue weighted by Gasteiger charge is -2.08. The summed E-state index contributed by atoms with van der Waals surface area (Å²) < 4.78 is 4.73. The number of para-hydroxylation sites is 1. The number of hydrogen-bond acceptors (Lipinski definition) is 6. The van der Waals surface area contributed by atoms with Crippen molar-refractivity contribution in [3.05, 3.63) is 58.6 Å². The molecule has 0 unspecified atom stereocenters. The molecule has 2 heterocycles. The van der Waals surface area contributed by atoms with E-state index < -0.39 is 4.92 Å². The number of benzene rings is 1. The number of aromatic nitrogens is 2. The van der Waals surface area contributed by atoms with Gasteiger partial charge in [-0.1, -0.05) is 23.4 Å². The zero-order valence-electron chi connectivity index (χ0n) is 10.3. The van der Waals surface area contributed by atoms with Gasteiger partial charge in [0.05, 0.1) is 17.0 Å². The monoisotopic (exact) mass is 270 g/mol. The molecule has 0 aliphatic rings. The average Bonchev–Trinajstić information content (AvgIpc) is 2.97. The van der Waals surface area contributed by atoms with E-state index in [-0.39, 0.29) is 5.69 Å². The Hall–Kier alpha value is -2.96. The van der Waals surface area contributed by atoms with Crippen LogP contribution < -0.4 is 5.32 Å². The molecule has 0 amide bonds. The first-order valence-electron chi connectivity index (χ1n) is 5.91. The van der Waals surface area contributed by atoms with Crippen LogP contribution in [-0.2, 0) is 6.54 Å². The lowest BCUT2D eigenvalue weighted by molar-refractivity contribution is -0.384. The number of pyridine rings is 1.